The van der Waals surface area contributed by atoms with E-state index < -0.39 is 0 Å². The number of aromatic nitrogens is 1. The van der Waals surface area contributed by atoms with Crippen molar-refractivity contribution in [2.75, 3.05) is 0 Å². The van der Waals surface area contributed by atoms with E-state index in [1.807, 2.05) is 76.3 Å². The van der Waals surface area contributed by atoms with Crippen molar-refractivity contribution in [1.29, 1.82) is 0 Å². The summed E-state index contributed by atoms with van der Waals surface area (Å²) in [7, 11) is 1.99. The second-order valence-corrected chi connectivity index (χ2v) is 6.95. The largest absolute Gasteiger partial charge is 0.491 e. The molecule has 0 aliphatic carbocycles. The summed E-state index contributed by atoms with van der Waals surface area (Å²) in [6.45, 7) is 6.45. The lowest BCUT2D eigenvalue weighted by molar-refractivity contribution is 0.0950. The molecule has 0 bridgehead atoms. The van der Waals surface area contributed by atoms with Crippen LogP contribution < -0.4 is 10.1 Å². The molecule has 3 aromatic rings. The van der Waals surface area contributed by atoms with Crippen molar-refractivity contribution in [1.82, 2.24) is 9.88 Å². The van der Waals surface area contributed by atoms with Gasteiger partial charge in [-0.1, -0.05) is 42.5 Å². The monoisotopic (exact) mass is 362 g/mol. The maximum Gasteiger partial charge on any atom is 0.253 e. The van der Waals surface area contributed by atoms with Crippen LogP contribution in [0.15, 0.2) is 60.7 Å². The molecular weight excluding hydrogens is 336 g/mol. The van der Waals surface area contributed by atoms with Crippen molar-refractivity contribution >= 4 is 5.91 Å². The van der Waals surface area contributed by atoms with Gasteiger partial charge in [0.25, 0.3) is 5.91 Å². The highest BCUT2D eigenvalue weighted by Crippen LogP contribution is 2.24. The minimum Gasteiger partial charge on any atom is -0.491 e. The second-order valence-electron chi connectivity index (χ2n) is 6.95. The Kier molecular flexibility index (Phi) is 5.65. The molecule has 0 saturated carbocycles. The number of rotatable bonds is 6. The summed E-state index contributed by atoms with van der Waals surface area (Å²) in [5, 5.41) is 3.02. The number of ether oxygens (including phenoxy) is 1. The Labute approximate surface area is 160 Å². The van der Waals surface area contributed by atoms with Crippen LogP contribution in [0, 0.1) is 6.92 Å². The lowest BCUT2D eigenvalue weighted by atomic mass is 10.1. The van der Waals surface area contributed by atoms with Gasteiger partial charge in [-0.15, -0.1) is 0 Å². The average Bonchev–Trinajstić information content (AvgIpc) is 2.96. The van der Waals surface area contributed by atoms with E-state index in [9.17, 15) is 4.79 Å². The molecule has 140 valence electrons. The lowest BCUT2D eigenvalue weighted by Gasteiger charge is -2.10. The number of nitrogens with one attached hydrogen (secondary N) is 1. The number of hydrogen-bond acceptors (Lipinski definition) is 2. The zero-order valence-corrected chi connectivity index (χ0v) is 16.3. The van der Waals surface area contributed by atoms with Gasteiger partial charge in [-0.3, -0.25) is 4.79 Å². The Balaban J connectivity index is 1.70. The predicted octanol–water partition coefficient (Wildman–Crippen LogP) is 4.72. The molecule has 27 heavy (non-hydrogen) atoms. The summed E-state index contributed by atoms with van der Waals surface area (Å²) in [5.41, 5.74) is 4.83. The maximum absolute atomic E-state index is 12.7. The van der Waals surface area contributed by atoms with Crippen LogP contribution in [0.1, 0.15) is 35.5 Å². The molecule has 1 N–H and O–H groups in total. The smallest absolute Gasteiger partial charge is 0.253 e. The minimum atomic E-state index is -0.0622. The van der Waals surface area contributed by atoms with Gasteiger partial charge in [0.2, 0.25) is 0 Å². The van der Waals surface area contributed by atoms with E-state index >= 15 is 0 Å². The Morgan fingerprint density at radius 3 is 2.37 bits per heavy atom. The van der Waals surface area contributed by atoms with Gasteiger partial charge in [-0.2, -0.15) is 0 Å². The van der Waals surface area contributed by atoms with Gasteiger partial charge in [-0.25, -0.2) is 0 Å². The van der Waals surface area contributed by atoms with Crippen LogP contribution in [0.4, 0.5) is 0 Å². The molecule has 0 radical (unpaired) electrons. The molecule has 0 unspecified atom stereocenters. The number of amides is 1. The highest BCUT2D eigenvalue weighted by Gasteiger charge is 2.16. The number of nitrogens with zero attached hydrogens (tertiary/aromatic N) is 1. The van der Waals surface area contributed by atoms with Crippen LogP contribution in [-0.2, 0) is 13.6 Å². The van der Waals surface area contributed by atoms with E-state index in [-0.39, 0.29) is 12.0 Å². The first-order valence-corrected chi connectivity index (χ1v) is 9.21. The molecule has 3 rings (SSSR count). The third-order valence-corrected chi connectivity index (χ3v) is 4.60. The van der Waals surface area contributed by atoms with Gasteiger partial charge in [0.15, 0.2) is 0 Å². The van der Waals surface area contributed by atoms with E-state index in [1.165, 1.54) is 0 Å². The van der Waals surface area contributed by atoms with Gasteiger partial charge in [0, 0.05) is 25.0 Å². The molecule has 1 heterocycles. The molecule has 4 nitrogen and oxygen atoms in total. The van der Waals surface area contributed by atoms with Gasteiger partial charge in [0.05, 0.1) is 11.7 Å². The van der Waals surface area contributed by atoms with E-state index in [0.29, 0.717) is 12.1 Å². The fourth-order valence-corrected chi connectivity index (χ4v) is 3.05. The topological polar surface area (TPSA) is 43.3 Å². The lowest BCUT2D eigenvalue weighted by Crippen LogP contribution is -2.23. The van der Waals surface area contributed by atoms with Gasteiger partial charge >= 0.3 is 0 Å². The molecule has 0 fully saturated rings. The Morgan fingerprint density at radius 1 is 1.07 bits per heavy atom. The maximum atomic E-state index is 12.7. The van der Waals surface area contributed by atoms with Crippen LogP contribution in [0.2, 0.25) is 0 Å². The van der Waals surface area contributed by atoms with Crippen LogP contribution in [0.3, 0.4) is 0 Å². The molecular formula is C23H26N2O2. The first kappa shape index (κ1) is 18.8. The molecule has 1 amide bonds. The van der Waals surface area contributed by atoms with E-state index in [0.717, 1.165) is 28.3 Å². The number of benzene rings is 2. The Bertz CT molecular complexity index is 910. The van der Waals surface area contributed by atoms with Crippen molar-refractivity contribution in [3.63, 3.8) is 0 Å². The first-order valence-electron chi connectivity index (χ1n) is 9.21. The molecule has 0 atom stereocenters. The molecule has 0 saturated heterocycles. The van der Waals surface area contributed by atoms with Crippen LogP contribution >= 0.6 is 0 Å². The zero-order chi connectivity index (χ0) is 19.4. The SMILES string of the molecule is Cc1c(C(=O)NCc2ccc(OC(C)C)cc2)cc(-c2ccccc2)n1C. The summed E-state index contributed by atoms with van der Waals surface area (Å²) in [6, 6.07) is 19.9. The highest BCUT2D eigenvalue weighted by molar-refractivity contribution is 5.96. The van der Waals surface area contributed by atoms with Crippen molar-refractivity contribution in [2.45, 2.75) is 33.4 Å². The third-order valence-electron chi connectivity index (χ3n) is 4.60. The number of hydrogen-bond donors (Lipinski definition) is 1. The standard InChI is InChI=1S/C23H26N2O2/c1-16(2)27-20-12-10-18(11-13-20)15-24-23(26)21-14-22(25(4)17(21)3)19-8-6-5-7-9-19/h5-14,16H,15H2,1-4H3,(H,24,26). The summed E-state index contributed by atoms with van der Waals surface area (Å²) in [4.78, 5) is 12.7. The molecule has 0 aliphatic heterocycles. The van der Waals surface area contributed by atoms with Gasteiger partial charge < -0.3 is 14.6 Å². The van der Waals surface area contributed by atoms with Crippen LogP contribution in [0.5, 0.6) is 5.75 Å². The number of carbonyl (C=O) groups is 1. The molecule has 0 spiro atoms. The quantitative estimate of drug-likeness (QED) is 0.690. The predicted molar refractivity (Wildman–Crippen MR) is 109 cm³/mol. The molecule has 4 heteroatoms. The second kappa shape index (κ2) is 8.12. The minimum absolute atomic E-state index is 0.0622. The first-order chi connectivity index (χ1) is 13.0. The third kappa shape index (κ3) is 4.40. The van der Waals surface area contributed by atoms with E-state index in [2.05, 4.69) is 22.0 Å². The highest BCUT2D eigenvalue weighted by atomic mass is 16.5. The molecule has 0 aliphatic rings. The zero-order valence-electron chi connectivity index (χ0n) is 16.3. The summed E-state index contributed by atoms with van der Waals surface area (Å²) >= 11 is 0. The normalized spacial score (nSPS) is 10.9. The summed E-state index contributed by atoms with van der Waals surface area (Å²) < 4.78 is 7.71. The fraction of sp³-hybridized carbons (Fsp3) is 0.261. The van der Waals surface area contributed by atoms with Crippen molar-refractivity contribution < 1.29 is 9.53 Å². The number of carbonyl (C=O) groups excluding carboxylic acids is 1. The fourth-order valence-electron chi connectivity index (χ4n) is 3.05. The van der Waals surface area contributed by atoms with Crippen molar-refractivity contribution in [2.24, 2.45) is 7.05 Å². The van der Waals surface area contributed by atoms with Crippen LogP contribution in [-0.4, -0.2) is 16.6 Å². The van der Waals surface area contributed by atoms with Gasteiger partial charge in [0.1, 0.15) is 5.75 Å². The summed E-state index contributed by atoms with van der Waals surface area (Å²) in [5.74, 6) is 0.777. The Hall–Kier alpha value is -3.01. The van der Waals surface area contributed by atoms with Crippen LogP contribution in [0.25, 0.3) is 11.3 Å². The summed E-state index contributed by atoms with van der Waals surface area (Å²) in [6.07, 6.45) is 0.149. The molecule has 1 aromatic heterocycles. The van der Waals surface area contributed by atoms with E-state index in [1.54, 1.807) is 0 Å². The van der Waals surface area contributed by atoms with E-state index in [4.69, 9.17) is 4.74 Å². The Morgan fingerprint density at radius 2 is 1.74 bits per heavy atom. The van der Waals surface area contributed by atoms with Crippen molar-refractivity contribution in [3.8, 4) is 17.0 Å². The van der Waals surface area contributed by atoms with Gasteiger partial charge in [-0.05, 0) is 50.1 Å². The average molecular weight is 362 g/mol. The van der Waals surface area contributed by atoms with Crippen molar-refractivity contribution in [3.05, 3.63) is 77.5 Å². The molecule has 2 aromatic carbocycles.